The Morgan fingerprint density at radius 3 is 2.42 bits per heavy atom. The average molecular weight is 565 g/mol. The number of hydrogen-bond acceptors (Lipinski definition) is 8. The van der Waals surface area contributed by atoms with Crippen molar-refractivity contribution in [2.75, 3.05) is 32.6 Å². The summed E-state index contributed by atoms with van der Waals surface area (Å²) in [5, 5.41) is 5.46. The Labute approximate surface area is 237 Å². The Morgan fingerprint density at radius 2 is 1.70 bits per heavy atom. The molecule has 208 valence electrons. The zero-order chi connectivity index (χ0) is 27.5. The Kier molecular flexibility index (Phi) is 8.71. The second kappa shape index (κ2) is 12.2. The quantitative estimate of drug-likeness (QED) is 0.375. The molecule has 1 fully saturated rings. The summed E-state index contributed by atoms with van der Waals surface area (Å²) < 4.78 is 12.0. The van der Waals surface area contributed by atoms with E-state index in [4.69, 9.17) is 9.47 Å². The lowest BCUT2D eigenvalue weighted by atomic mass is 10.0. The van der Waals surface area contributed by atoms with Crippen LogP contribution in [-0.2, 0) is 9.59 Å². The van der Waals surface area contributed by atoms with Gasteiger partial charge in [0.05, 0.1) is 22.5 Å². The summed E-state index contributed by atoms with van der Waals surface area (Å²) in [5.41, 5.74) is 1.28. The zero-order valence-electron chi connectivity index (χ0n) is 22.0. The van der Waals surface area contributed by atoms with Crippen LogP contribution < -0.4 is 20.1 Å². The molecule has 2 aliphatic rings. The third kappa shape index (κ3) is 5.93. The summed E-state index contributed by atoms with van der Waals surface area (Å²) in [5.74, 6) is -0.560. The Bertz CT molecular complexity index is 1450. The molecule has 0 aromatic heterocycles. The standard InChI is InChI=1S/C29H28N4O6.ClH/c1-32(2)15-16-38-19-11-12-21(24(17-19)39-18-7-4-3-5-8-18)30-22-10-6-9-20-26(22)29(37)33(28(20)36)23-13-14-25(34)31-27(23)35;/h3-12,17,23,30H,13-16H2,1-2H3,(H,31,34,35);1H. The van der Waals surface area contributed by atoms with Crippen LogP contribution in [0.15, 0.2) is 66.7 Å². The fourth-order valence-corrected chi connectivity index (χ4v) is 4.51. The SMILES string of the molecule is CN(C)CCOc1ccc(Nc2cccc3c2C(=O)N(C2CCC(=O)NC2=O)C3=O)c(Oc2ccccc2)c1.Cl. The number of halogens is 1. The first-order chi connectivity index (χ1) is 18.8. The number of imide groups is 2. The van der Waals surface area contributed by atoms with Gasteiger partial charge in [-0.05, 0) is 56.9 Å². The minimum Gasteiger partial charge on any atom is -0.492 e. The van der Waals surface area contributed by atoms with Crippen molar-refractivity contribution in [3.63, 3.8) is 0 Å². The molecule has 2 aliphatic heterocycles. The molecule has 2 N–H and O–H groups in total. The van der Waals surface area contributed by atoms with Crippen molar-refractivity contribution < 1.29 is 28.7 Å². The van der Waals surface area contributed by atoms with Crippen molar-refractivity contribution in [2.24, 2.45) is 0 Å². The van der Waals surface area contributed by atoms with E-state index in [-0.39, 0.29) is 36.4 Å². The fraction of sp³-hybridized carbons (Fsp3) is 0.241. The highest BCUT2D eigenvalue weighted by molar-refractivity contribution is 6.25. The molecular formula is C29H29ClN4O6. The maximum absolute atomic E-state index is 13.5. The monoisotopic (exact) mass is 564 g/mol. The van der Waals surface area contributed by atoms with Gasteiger partial charge < -0.3 is 19.7 Å². The summed E-state index contributed by atoms with van der Waals surface area (Å²) in [4.78, 5) is 53.7. The number of piperidine rings is 1. The highest BCUT2D eigenvalue weighted by Crippen LogP contribution is 2.38. The van der Waals surface area contributed by atoms with Gasteiger partial charge in [0.15, 0.2) is 5.75 Å². The molecule has 0 spiro atoms. The number of likely N-dealkylation sites (N-methyl/N-ethyl adjacent to an activating group) is 1. The molecule has 1 saturated heterocycles. The molecule has 40 heavy (non-hydrogen) atoms. The maximum Gasteiger partial charge on any atom is 0.264 e. The van der Waals surface area contributed by atoms with Crippen LogP contribution in [0.4, 0.5) is 11.4 Å². The van der Waals surface area contributed by atoms with E-state index in [1.807, 2.05) is 49.3 Å². The third-order valence-corrected chi connectivity index (χ3v) is 6.47. The number of amides is 4. The van der Waals surface area contributed by atoms with Crippen molar-refractivity contribution in [1.82, 2.24) is 15.1 Å². The summed E-state index contributed by atoms with van der Waals surface area (Å²) in [6, 6.07) is 18.4. The summed E-state index contributed by atoms with van der Waals surface area (Å²) >= 11 is 0. The number of para-hydroxylation sites is 1. The summed E-state index contributed by atoms with van der Waals surface area (Å²) in [7, 11) is 3.93. The number of nitrogens with zero attached hydrogens (tertiary/aromatic N) is 2. The molecule has 2 heterocycles. The molecule has 1 unspecified atom stereocenters. The van der Waals surface area contributed by atoms with Gasteiger partial charge in [-0.2, -0.15) is 0 Å². The Hall–Kier alpha value is -4.41. The molecule has 0 aliphatic carbocycles. The van der Waals surface area contributed by atoms with Gasteiger partial charge in [-0.15, -0.1) is 12.4 Å². The molecule has 10 nitrogen and oxygen atoms in total. The van der Waals surface area contributed by atoms with Crippen LogP contribution in [0.25, 0.3) is 0 Å². The van der Waals surface area contributed by atoms with E-state index in [1.54, 1.807) is 36.4 Å². The number of hydrogen-bond donors (Lipinski definition) is 2. The molecule has 0 radical (unpaired) electrons. The Morgan fingerprint density at radius 1 is 0.925 bits per heavy atom. The highest BCUT2D eigenvalue weighted by Gasteiger charge is 2.45. The first-order valence-electron chi connectivity index (χ1n) is 12.6. The van der Waals surface area contributed by atoms with Gasteiger partial charge in [-0.1, -0.05) is 24.3 Å². The predicted octanol–water partition coefficient (Wildman–Crippen LogP) is 3.99. The lowest BCUT2D eigenvalue weighted by Gasteiger charge is -2.27. The van der Waals surface area contributed by atoms with E-state index in [0.29, 0.717) is 35.2 Å². The van der Waals surface area contributed by atoms with Gasteiger partial charge in [0, 0.05) is 19.0 Å². The largest absolute Gasteiger partial charge is 0.492 e. The van der Waals surface area contributed by atoms with Crippen LogP contribution in [0, 0.1) is 0 Å². The van der Waals surface area contributed by atoms with Crippen molar-refractivity contribution in [3.05, 3.63) is 77.9 Å². The average Bonchev–Trinajstić information content (AvgIpc) is 3.16. The van der Waals surface area contributed by atoms with Crippen LogP contribution >= 0.6 is 12.4 Å². The number of nitrogens with one attached hydrogen (secondary N) is 2. The number of benzene rings is 3. The van der Waals surface area contributed by atoms with E-state index in [2.05, 4.69) is 10.6 Å². The van der Waals surface area contributed by atoms with Crippen molar-refractivity contribution in [1.29, 1.82) is 0 Å². The van der Waals surface area contributed by atoms with Crippen molar-refractivity contribution in [3.8, 4) is 17.2 Å². The number of carbonyl (C=O) groups is 4. The normalized spacial score (nSPS) is 16.4. The molecule has 11 heteroatoms. The van der Waals surface area contributed by atoms with E-state index in [9.17, 15) is 19.2 Å². The van der Waals surface area contributed by atoms with Crippen LogP contribution in [-0.4, -0.2) is 66.7 Å². The van der Waals surface area contributed by atoms with Gasteiger partial charge in [-0.3, -0.25) is 29.4 Å². The zero-order valence-corrected chi connectivity index (χ0v) is 22.8. The molecule has 3 aromatic rings. The minimum atomic E-state index is -1.04. The smallest absolute Gasteiger partial charge is 0.264 e. The van der Waals surface area contributed by atoms with Crippen molar-refractivity contribution >= 4 is 47.4 Å². The molecule has 1 atom stereocenters. The van der Waals surface area contributed by atoms with Gasteiger partial charge in [-0.25, -0.2) is 0 Å². The molecule has 0 saturated carbocycles. The first-order valence-corrected chi connectivity index (χ1v) is 12.6. The van der Waals surface area contributed by atoms with Gasteiger partial charge in [0.25, 0.3) is 11.8 Å². The maximum atomic E-state index is 13.5. The third-order valence-electron chi connectivity index (χ3n) is 6.47. The van der Waals surface area contributed by atoms with Gasteiger partial charge in [0.1, 0.15) is 24.1 Å². The molecule has 4 amide bonds. The second-order valence-corrected chi connectivity index (χ2v) is 9.53. The number of fused-ring (bicyclic) bond motifs is 1. The Balaban J connectivity index is 0.00000370. The number of rotatable bonds is 9. The number of carbonyl (C=O) groups excluding carboxylic acids is 4. The molecule has 5 rings (SSSR count). The lowest BCUT2D eigenvalue weighted by Crippen LogP contribution is -2.54. The second-order valence-electron chi connectivity index (χ2n) is 9.53. The number of anilines is 2. The van der Waals surface area contributed by atoms with Crippen LogP contribution in [0.3, 0.4) is 0 Å². The van der Waals surface area contributed by atoms with E-state index in [1.165, 1.54) is 0 Å². The van der Waals surface area contributed by atoms with E-state index in [0.717, 1.165) is 11.4 Å². The lowest BCUT2D eigenvalue weighted by molar-refractivity contribution is -0.136. The molecule has 3 aromatic carbocycles. The number of ether oxygens (including phenoxy) is 2. The van der Waals surface area contributed by atoms with Gasteiger partial charge >= 0.3 is 0 Å². The predicted molar refractivity (Wildman–Crippen MR) is 151 cm³/mol. The van der Waals surface area contributed by atoms with E-state index >= 15 is 0 Å². The van der Waals surface area contributed by atoms with Crippen LogP contribution in [0.1, 0.15) is 33.6 Å². The first kappa shape index (κ1) is 28.6. The summed E-state index contributed by atoms with van der Waals surface area (Å²) in [6.45, 7) is 1.23. The van der Waals surface area contributed by atoms with Crippen LogP contribution in [0.5, 0.6) is 17.2 Å². The fourth-order valence-electron chi connectivity index (χ4n) is 4.51. The molecular weight excluding hydrogens is 536 g/mol. The summed E-state index contributed by atoms with van der Waals surface area (Å²) in [6.07, 6.45) is 0.140. The van der Waals surface area contributed by atoms with Crippen molar-refractivity contribution in [2.45, 2.75) is 18.9 Å². The topological polar surface area (TPSA) is 117 Å². The highest BCUT2D eigenvalue weighted by atomic mass is 35.5. The minimum absolute atomic E-state index is 0. The van der Waals surface area contributed by atoms with E-state index < -0.39 is 29.7 Å². The van der Waals surface area contributed by atoms with Crippen LogP contribution in [0.2, 0.25) is 0 Å². The van der Waals surface area contributed by atoms with Gasteiger partial charge in [0.2, 0.25) is 11.8 Å². The molecule has 0 bridgehead atoms.